The normalized spacial score (nSPS) is 28.4. The number of carbonyl (C=O) groups is 1. The van der Waals surface area contributed by atoms with Crippen LogP contribution in [0.2, 0.25) is 0 Å². The lowest BCUT2D eigenvalue weighted by molar-refractivity contribution is -0.315. The Hall–Kier alpha value is -1.93. The zero-order valence-electron chi connectivity index (χ0n) is 22.7. The lowest BCUT2D eigenvalue weighted by Gasteiger charge is -2.45. The molecular formula is C30H44O7. The van der Waals surface area contributed by atoms with Gasteiger partial charge < -0.3 is 28.5 Å². The van der Waals surface area contributed by atoms with Gasteiger partial charge in [-0.1, -0.05) is 38.2 Å². The van der Waals surface area contributed by atoms with Crippen LogP contribution in [0.15, 0.2) is 40.9 Å². The van der Waals surface area contributed by atoms with Gasteiger partial charge in [0.1, 0.15) is 17.6 Å². The van der Waals surface area contributed by atoms with Crippen molar-refractivity contribution >= 4 is 5.97 Å². The Morgan fingerprint density at radius 1 is 1.19 bits per heavy atom. The Morgan fingerprint density at radius 2 is 2.00 bits per heavy atom. The van der Waals surface area contributed by atoms with E-state index in [2.05, 4.69) is 38.2 Å². The van der Waals surface area contributed by atoms with Crippen molar-refractivity contribution in [2.24, 2.45) is 17.3 Å². The van der Waals surface area contributed by atoms with E-state index in [0.717, 1.165) is 63.1 Å². The Bertz CT molecular complexity index is 914. The molecule has 1 spiro atoms. The molecule has 4 rings (SSSR count). The van der Waals surface area contributed by atoms with Crippen LogP contribution in [-0.2, 0) is 23.7 Å². The second kappa shape index (κ2) is 12.7. The number of allylic oxidation sites excluding steroid dienone is 3. The molecule has 0 amide bonds. The third kappa shape index (κ3) is 7.79. The van der Waals surface area contributed by atoms with Crippen LogP contribution >= 0.6 is 0 Å². The highest BCUT2D eigenvalue weighted by atomic mass is 16.7. The summed E-state index contributed by atoms with van der Waals surface area (Å²) in [6.45, 7) is 8.38. The van der Waals surface area contributed by atoms with Crippen LogP contribution in [-0.4, -0.2) is 43.0 Å². The van der Waals surface area contributed by atoms with Crippen LogP contribution < -0.4 is 0 Å². The summed E-state index contributed by atoms with van der Waals surface area (Å²) < 4.78 is 31.1. The first-order valence-electron chi connectivity index (χ1n) is 13.9. The maximum atomic E-state index is 10.8. The van der Waals surface area contributed by atoms with Gasteiger partial charge in [-0.15, -0.1) is 0 Å². The molecule has 3 heterocycles. The van der Waals surface area contributed by atoms with E-state index in [-0.39, 0.29) is 36.1 Å². The zero-order valence-corrected chi connectivity index (χ0v) is 22.7. The fraction of sp³-hybridized carbons (Fsp3) is 0.700. The van der Waals surface area contributed by atoms with Crippen molar-refractivity contribution in [3.8, 4) is 0 Å². The molecule has 2 saturated heterocycles. The molecule has 206 valence electrons. The Labute approximate surface area is 221 Å². The summed E-state index contributed by atoms with van der Waals surface area (Å²) in [5, 5.41) is 8.89. The monoisotopic (exact) mass is 516 g/mol. The second-order valence-electron chi connectivity index (χ2n) is 11.5. The molecule has 4 unspecified atom stereocenters. The molecule has 7 heteroatoms. The van der Waals surface area contributed by atoms with Crippen molar-refractivity contribution in [3.63, 3.8) is 0 Å². The van der Waals surface area contributed by atoms with Crippen LogP contribution in [0.3, 0.4) is 0 Å². The van der Waals surface area contributed by atoms with E-state index in [9.17, 15) is 4.79 Å². The quantitative estimate of drug-likeness (QED) is 0.258. The number of hydrogen-bond donors (Lipinski definition) is 1. The number of carboxylic acid groups (broad SMARTS) is 1. The molecule has 7 nitrogen and oxygen atoms in total. The zero-order chi connectivity index (χ0) is 26.3. The number of aliphatic carboxylic acids is 1. The molecular weight excluding hydrogens is 472 g/mol. The van der Waals surface area contributed by atoms with E-state index in [1.165, 1.54) is 0 Å². The van der Waals surface area contributed by atoms with E-state index in [0.29, 0.717) is 19.6 Å². The van der Waals surface area contributed by atoms with Crippen molar-refractivity contribution in [2.45, 2.75) is 96.7 Å². The van der Waals surface area contributed by atoms with E-state index < -0.39 is 11.8 Å². The molecule has 3 fully saturated rings. The average Bonchev–Trinajstić information content (AvgIpc) is 3.45. The largest absolute Gasteiger partial charge is 0.481 e. The first-order chi connectivity index (χ1) is 17.8. The van der Waals surface area contributed by atoms with Gasteiger partial charge >= 0.3 is 5.97 Å². The highest BCUT2D eigenvalue weighted by molar-refractivity contribution is 5.66. The lowest BCUT2D eigenvalue weighted by Crippen LogP contribution is -2.50. The van der Waals surface area contributed by atoms with E-state index in [1.807, 2.05) is 19.1 Å². The molecule has 1 saturated carbocycles. The highest BCUT2D eigenvalue weighted by Gasteiger charge is 2.52. The standard InChI is InChI=1S/C30H44O7/c1-22-13-15-25(36-22)26(37-28-12-8-9-19-33-28)16-14-23-17-18-30(34-20-29(2,3)21-35-30)24(23)10-6-4-5-7-11-27(31)32/h4,6,13-16,23-24,26,28H,5,7-12,17-21H2,1-3H3,(H,31,32)/b6-4-,16-14+. The van der Waals surface area contributed by atoms with Gasteiger partial charge in [0, 0.05) is 30.8 Å². The Balaban J connectivity index is 1.48. The number of hydrogen-bond acceptors (Lipinski definition) is 6. The van der Waals surface area contributed by atoms with Gasteiger partial charge in [-0.3, -0.25) is 4.79 Å². The topological polar surface area (TPSA) is 87.4 Å². The highest BCUT2D eigenvalue weighted by Crippen LogP contribution is 2.50. The first-order valence-corrected chi connectivity index (χ1v) is 13.9. The SMILES string of the molecule is Cc1ccc(C(/C=C/C2CCC3(OCC(C)(C)CO3)C2C/C=C\CCCC(=O)O)OC2CCCCO2)o1. The number of aryl methyl sites for hydroxylation is 1. The summed E-state index contributed by atoms with van der Waals surface area (Å²) in [5.41, 5.74) is 0.00642. The number of ether oxygens (including phenoxy) is 4. The number of furan rings is 1. The predicted octanol–water partition coefficient (Wildman–Crippen LogP) is 6.73. The molecule has 3 aliphatic rings. The summed E-state index contributed by atoms with van der Waals surface area (Å²) in [5.74, 6) is 0.748. The Kier molecular flexibility index (Phi) is 9.67. The van der Waals surface area contributed by atoms with E-state index >= 15 is 0 Å². The molecule has 37 heavy (non-hydrogen) atoms. The predicted molar refractivity (Wildman–Crippen MR) is 140 cm³/mol. The average molecular weight is 517 g/mol. The van der Waals surface area contributed by atoms with Gasteiger partial charge in [0.2, 0.25) is 0 Å². The number of rotatable bonds is 11. The summed E-state index contributed by atoms with van der Waals surface area (Å²) in [4.78, 5) is 10.8. The summed E-state index contributed by atoms with van der Waals surface area (Å²) in [6.07, 6.45) is 15.4. The number of carboxylic acids is 1. The second-order valence-corrected chi connectivity index (χ2v) is 11.5. The van der Waals surface area contributed by atoms with Gasteiger partial charge in [0.05, 0.1) is 13.2 Å². The third-order valence-electron chi connectivity index (χ3n) is 7.65. The molecule has 0 radical (unpaired) electrons. The van der Waals surface area contributed by atoms with E-state index in [4.69, 9.17) is 28.5 Å². The molecule has 0 aromatic carbocycles. The molecule has 0 bridgehead atoms. The molecule has 1 N–H and O–H groups in total. The summed E-state index contributed by atoms with van der Waals surface area (Å²) in [6, 6.07) is 3.95. The van der Waals surface area contributed by atoms with Crippen molar-refractivity contribution in [1.82, 2.24) is 0 Å². The minimum Gasteiger partial charge on any atom is -0.481 e. The van der Waals surface area contributed by atoms with Crippen molar-refractivity contribution in [1.29, 1.82) is 0 Å². The molecule has 1 aromatic heterocycles. The van der Waals surface area contributed by atoms with Crippen molar-refractivity contribution in [2.75, 3.05) is 19.8 Å². The van der Waals surface area contributed by atoms with Gasteiger partial charge in [-0.2, -0.15) is 0 Å². The van der Waals surface area contributed by atoms with Crippen molar-refractivity contribution < 1.29 is 33.3 Å². The minimum absolute atomic E-state index is 0.00642. The molecule has 1 aromatic rings. The summed E-state index contributed by atoms with van der Waals surface area (Å²) >= 11 is 0. The van der Waals surface area contributed by atoms with Crippen LogP contribution in [0.25, 0.3) is 0 Å². The third-order valence-corrected chi connectivity index (χ3v) is 7.65. The minimum atomic E-state index is -0.748. The maximum Gasteiger partial charge on any atom is 0.303 e. The van der Waals surface area contributed by atoms with Crippen LogP contribution in [0, 0.1) is 24.2 Å². The Morgan fingerprint density at radius 3 is 2.68 bits per heavy atom. The molecule has 2 aliphatic heterocycles. The molecule has 4 atom stereocenters. The fourth-order valence-corrected chi connectivity index (χ4v) is 5.51. The van der Waals surface area contributed by atoms with Gasteiger partial charge in [-0.05, 0) is 69.9 Å². The molecule has 1 aliphatic carbocycles. The maximum absolute atomic E-state index is 10.8. The van der Waals surface area contributed by atoms with Gasteiger partial charge in [0.25, 0.3) is 0 Å². The smallest absolute Gasteiger partial charge is 0.303 e. The van der Waals surface area contributed by atoms with Gasteiger partial charge in [-0.25, -0.2) is 0 Å². The van der Waals surface area contributed by atoms with E-state index in [1.54, 1.807) is 0 Å². The first kappa shape index (κ1) is 28.1. The van der Waals surface area contributed by atoms with Crippen LogP contribution in [0.1, 0.15) is 89.3 Å². The van der Waals surface area contributed by atoms with Crippen LogP contribution in [0.5, 0.6) is 0 Å². The lowest BCUT2D eigenvalue weighted by atomic mass is 9.86. The fourth-order valence-electron chi connectivity index (χ4n) is 5.51. The van der Waals surface area contributed by atoms with Crippen LogP contribution in [0.4, 0.5) is 0 Å². The van der Waals surface area contributed by atoms with Gasteiger partial charge in [0.15, 0.2) is 12.1 Å². The van der Waals surface area contributed by atoms with Crippen molar-refractivity contribution in [3.05, 3.63) is 48.0 Å². The number of unbranched alkanes of at least 4 members (excludes halogenated alkanes) is 1. The summed E-state index contributed by atoms with van der Waals surface area (Å²) in [7, 11) is 0.